The van der Waals surface area contributed by atoms with Crippen LogP contribution in [-0.4, -0.2) is 19.3 Å². The van der Waals surface area contributed by atoms with Gasteiger partial charge in [0.25, 0.3) is 0 Å². The van der Waals surface area contributed by atoms with Gasteiger partial charge in [0.15, 0.2) is 0 Å². The topological polar surface area (TPSA) is 41.6 Å². The van der Waals surface area contributed by atoms with Crippen LogP contribution in [0.3, 0.4) is 0 Å². The van der Waals surface area contributed by atoms with Crippen molar-refractivity contribution >= 4 is 22.8 Å². The van der Waals surface area contributed by atoms with Crippen LogP contribution in [0.2, 0.25) is 0 Å². The molecule has 0 aromatic heterocycles. The monoisotopic (exact) mass is 279 g/mol. The van der Waals surface area contributed by atoms with Crippen molar-refractivity contribution in [3.63, 3.8) is 0 Å². The minimum Gasteiger partial charge on any atom is -0.399 e. The van der Waals surface area contributed by atoms with Crippen LogP contribution in [0.4, 0.5) is 17.1 Å². The number of nitrogens with two attached hydrogens (primary N) is 1. The first kappa shape index (κ1) is 14.9. The summed E-state index contributed by atoms with van der Waals surface area (Å²) in [6, 6.07) is 15.8. The number of rotatable bonds is 5. The van der Waals surface area contributed by atoms with Crippen molar-refractivity contribution in [3.05, 3.63) is 66.7 Å². The Bertz CT molecular complexity index is 659. The first-order valence-electron chi connectivity index (χ1n) is 7.03. The van der Waals surface area contributed by atoms with Gasteiger partial charge in [0.1, 0.15) is 0 Å². The summed E-state index contributed by atoms with van der Waals surface area (Å²) in [5, 5.41) is 0. The second-order valence-electron chi connectivity index (χ2n) is 4.83. The highest BCUT2D eigenvalue weighted by molar-refractivity contribution is 6.10. The lowest BCUT2D eigenvalue weighted by Crippen LogP contribution is -2.15. The minimum absolute atomic E-state index is 0.723. The third-order valence-corrected chi connectivity index (χ3v) is 3.38. The first-order valence-corrected chi connectivity index (χ1v) is 7.03. The second kappa shape index (κ2) is 6.75. The van der Waals surface area contributed by atoms with Crippen molar-refractivity contribution in [3.8, 4) is 0 Å². The minimum atomic E-state index is 0.723. The predicted molar refractivity (Wildman–Crippen MR) is 92.6 cm³/mol. The highest BCUT2D eigenvalue weighted by Crippen LogP contribution is 2.28. The van der Waals surface area contributed by atoms with Crippen LogP contribution in [0.1, 0.15) is 12.5 Å². The summed E-state index contributed by atoms with van der Waals surface area (Å²) in [4.78, 5) is 6.92. The molecule has 0 radical (unpaired) electrons. The molecule has 21 heavy (non-hydrogen) atoms. The first-order chi connectivity index (χ1) is 10.2. The van der Waals surface area contributed by atoms with E-state index in [1.54, 1.807) is 6.08 Å². The Morgan fingerprint density at radius 3 is 2.67 bits per heavy atom. The van der Waals surface area contributed by atoms with Gasteiger partial charge in [-0.2, -0.15) is 0 Å². The third kappa shape index (κ3) is 3.51. The summed E-state index contributed by atoms with van der Waals surface area (Å²) in [5.74, 6) is 0. The molecule has 2 rings (SSSR count). The number of allylic oxidation sites excluding steroid dienone is 1. The van der Waals surface area contributed by atoms with Crippen molar-refractivity contribution in [1.82, 2.24) is 0 Å². The van der Waals surface area contributed by atoms with E-state index in [0.29, 0.717) is 0 Å². The maximum Gasteiger partial charge on any atom is 0.0870 e. The summed E-state index contributed by atoms with van der Waals surface area (Å²) < 4.78 is 0. The van der Waals surface area contributed by atoms with E-state index < -0.39 is 0 Å². The average Bonchev–Trinajstić information content (AvgIpc) is 2.52. The zero-order chi connectivity index (χ0) is 15.2. The molecular formula is C18H21N3. The van der Waals surface area contributed by atoms with E-state index in [1.165, 1.54) is 0 Å². The van der Waals surface area contributed by atoms with Crippen LogP contribution < -0.4 is 10.6 Å². The highest BCUT2D eigenvalue weighted by Gasteiger charge is 2.06. The van der Waals surface area contributed by atoms with Crippen LogP contribution in [0, 0.1) is 0 Å². The van der Waals surface area contributed by atoms with Gasteiger partial charge in [0.05, 0.1) is 17.1 Å². The number of nitrogen functional groups attached to an aromatic ring is 1. The number of anilines is 2. The van der Waals surface area contributed by atoms with Gasteiger partial charge in [-0.15, -0.1) is 0 Å². The Morgan fingerprint density at radius 2 is 2.00 bits per heavy atom. The van der Waals surface area contributed by atoms with E-state index in [-0.39, 0.29) is 0 Å². The molecule has 2 aromatic rings. The zero-order valence-corrected chi connectivity index (χ0v) is 12.6. The van der Waals surface area contributed by atoms with Gasteiger partial charge in [0.2, 0.25) is 0 Å². The fourth-order valence-corrected chi connectivity index (χ4v) is 2.11. The molecule has 0 aliphatic rings. The number of aliphatic imine (C=N–C) groups is 1. The normalized spacial score (nSPS) is 11.2. The number of para-hydroxylation sites is 2. The molecule has 0 saturated carbocycles. The molecule has 0 atom stereocenters. The molecule has 108 valence electrons. The molecule has 0 heterocycles. The van der Waals surface area contributed by atoms with Gasteiger partial charge in [0, 0.05) is 24.8 Å². The number of nitrogens with zero attached hydrogens (tertiary/aromatic N) is 2. The van der Waals surface area contributed by atoms with Gasteiger partial charge >= 0.3 is 0 Å². The molecule has 0 saturated heterocycles. The van der Waals surface area contributed by atoms with Crippen LogP contribution in [0.5, 0.6) is 0 Å². The molecule has 0 bridgehead atoms. The van der Waals surface area contributed by atoms with E-state index in [1.807, 2.05) is 42.5 Å². The lowest BCUT2D eigenvalue weighted by Gasteiger charge is -2.19. The molecule has 0 spiro atoms. The second-order valence-corrected chi connectivity index (χ2v) is 4.83. The van der Waals surface area contributed by atoms with Crippen molar-refractivity contribution in [2.24, 2.45) is 4.99 Å². The standard InChI is InChI=1S/C18H21N3/c1-4-16(14-9-8-10-15(19)13-14)20-17-11-6-7-12-18(17)21(3)5-2/h4,6-13H,1,5,19H2,2-3H3/b20-16+. The number of hydrogen-bond acceptors (Lipinski definition) is 3. The van der Waals surface area contributed by atoms with Crippen LogP contribution in [0.15, 0.2) is 66.2 Å². The molecular weight excluding hydrogens is 258 g/mol. The van der Waals surface area contributed by atoms with Gasteiger partial charge in [-0.05, 0) is 37.3 Å². The fourth-order valence-electron chi connectivity index (χ4n) is 2.11. The maximum atomic E-state index is 5.85. The summed E-state index contributed by atoms with van der Waals surface area (Å²) in [7, 11) is 2.06. The summed E-state index contributed by atoms with van der Waals surface area (Å²) in [5.41, 5.74) is 10.4. The summed E-state index contributed by atoms with van der Waals surface area (Å²) in [6.45, 7) is 6.92. The molecule has 0 amide bonds. The van der Waals surface area contributed by atoms with E-state index in [9.17, 15) is 0 Å². The molecule has 0 aliphatic heterocycles. The zero-order valence-electron chi connectivity index (χ0n) is 12.6. The molecule has 2 aromatic carbocycles. The van der Waals surface area contributed by atoms with Gasteiger partial charge in [-0.3, -0.25) is 0 Å². The third-order valence-electron chi connectivity index (χ3n) is 3.38. The molecule has 2 N–H and O–H groups in total. The van der Waals surface area contributed by atoms with Crippen molar-refractivity contribution in [2.75, 3.05) is 24.2 Å². The number of hydrogen-bond donors (Lipinski definition) is 1. The van der Waals surface area contributed by atoms with Crippen molar-refractivity contribution < 1.29 is 0 Å². The largest absolute Gasteiger partial charge is 0.399 e. The van der Waals surface area contributed by atoms with Gasteiger partial charge in [-0.25, -0.2) is 4.99 Å². The Kier molecular flexibility index (Phi) is 4.77. The highest BCUT2D eigenvalue weighted by atomic mass is 15.1. The van der Waals surface area contributed by atoms with Crippen LogP contribution in [0.25, 0.3) is 0 Å². The maximum absolute atomic E-state index is 5.85. The Hall–Kier alpha value is -2.55. The lowest BCUT2D eigenvalue weighted by molar-refractivity contribution is 0.968. The SMILES string of the molecule is C=C/C(=N\c1ccccc1N(C)CC)c1cccc(N)c1. The molecule has 0 fully saturated rings. The molecule has 0 aliphatic carbocycles. The van der Waals surface area contributed by atoms with Gasteiger partial charge < -0.3 is 10.6 Å². The number of benzene rings is 2. The van der Waals surface area contributed by atoms with E-state index in [2.05, 4.69) is 31.5 Å². The Morgan fingerprint density at radius 1 is 1.24 bits per heavy atom. The fraction of sp³-hybridized carbons (Fsp3) is 0.167. The van der Waals surface area contributed by atoms with Crippen molar-refractivity contribution in [1.29, 1.82) is 0 Å². The van der Waals surface area contributed by atoms with Crippen LogP contribution >= 0.6 is 0 Å². The molecule has 0 unspecified atom stereocenters. The summed E-state index contributed by atoms with van der Waals surface area (Å²) in [6.07, 6.45) is 1.76. The molecule has 3 heteroatoms. The quantitative estimate of drug-likeness (QED) is 0.663. The lowest BCUT2D eigenvalue weighted by atomic mass is 10.1. The summed E-state index contributed by atoms with van der Waals surface area (Å²) >= 11 is 0. The van der Waals surface area contributed by atoms with E-state index >= 15 is 0 Å². The Balaban J connectivity index is 2.48. The predicted octanol–water partition coefficient (Wildman–Crippen LogP) is 4.03. The van der Waals surface area contributed by atoms with Gasteiger partial charge in [-0.1, -0.05) is 30.8 Å². The van der Waals surface area contributed by atoms with Crippen LogP contribution in [-0.2, 0) is 0 Å². The van der Waals surface area contributed by atoms with Crippen molar-refractivity contribution in [2.45, 2.75) is 6.92 Å². The average molecular weight is 279 g/mol. The smallest absolute Gasteiger partial charge is 0.0870 e. The molecule has 3 nitrogen and oxygen atoms in total. The Labute approximate surface area is 126 Å². The van der Waals surface area contributed by atoms with E-state index in [4.69, 9.17) is 10.7 Å². The van der Waals surface area contributed by atoms with E-state index in [0.717, 1.165) is 34.9 Å².